The molecule has 1 aliphatic rings. The van der Waals surface area contributed by atoms with Gasteiger partial charge in [0.2, 0.25) is 15.9 Å². The van der Waals surface area contributed by atoms with Crippen LogP contribution in [-0.2, 0) is 19.6 Å². The Labute approximate surface area is 125 Å². The molecule has 0 bridgehead atoms. The van der Waals surface area contributed by atoms with Crippen molar-refractivity contribution in [1.82, 2.24) is 10.0 Å². The fourth-order valence-corrected chi connectivity index (χ4v) is 3.44. The van der Waals surface area contributed by atoms with Crippen molar-refractivity contribution in [2.75, 3.05) is 19.3 Å². The average Bonchev–Trinajstić information content (AvgIpc) is 2.38. The molecule has 0 saturated heterocycles. The van der Waals surface area contributed by atoms with Crippen molar-refractivity contribution >= 4 is 21.9 Å². The van der Waals surface area contributed by atoms with Crippen LogP contribution in [0.1, 0.15) is 44.9 Å². The molecule has 0 aliphatic heterocycles. The smallest absolute Gasteiger partial charge is 0.303 e. The Morgan fingerprint density at radius 2 is 1.76 bits per heavy atom. The zero-order chi connectivity index (χ0) is 15.9. The number of aliphatic carboxylic acids is 1. The first kappa shape index (κ1) is 17.9. The third kappa shape index (κ3) is 6.43. The summed E-state index contributed by atoms with van der Waals surface area (Å²) in [6.07, 6.45) is 4.57. The van der Waals surface area contributed by atoms with Crippen LogP contribution >= 0.6 is 0 Å². The minimum Gasteiger partial charge on any atom is -0.481 e. The topological polar surface area (TPSA) is 113 Å². The van der Waals surface area contributed by atoms with Gasteiger partial charge in [-0.2, -0.15) is 0 Å². The van der Waals surface area contributed by atoms with Crippen molar-refractivity contribution in [2.24, 2.45) is 5.41 Å². The van der Waals surface area contributed by atoms with Crippen LogP contribution in [0.3, 0.4) is 0 Å². The predicted molar refractivity (Wildman–Crippen MR) is 78.2 cm³/mol. The molecule has 7 nitrogen and oxygen atoms in total. The molecule has 1 amide bonds. The van der Waals surface area contributed by atoms with Crippen LogP contribution in [0.4, 0.5) is 0 Å². The Bertz CT molecular complexity index is 469. The predicted octanol–water partition coefficient (Wildman–Crippen LogP) is 0.467. The number of amides is 1. The summed E-state index contributed by atoms with van der Waals surface area (Å²) >= 11 is 0. The Morgan fingerprint density at radius 3 is 2.29 bits per heavy atom. The van der Waals surface area contributed by atoms with Crippen molar-refractivity contribution in [3.8, 4) is 0 Å². The molecule has 0 unspecified atom stereocenters. The van der Waals surface area contributed by atoms with E-state index in [1.54, 1.807) is 0 Å². The molecule has 122 valence electrons. The number of carbonyl (C=O) groups is 2. The van der Waals surface area contributed by atoms with Crippen LogP contribution in [0.25, 0.3) is 0 Å². The highest BCUT2D eigenvalue weighted by Gasteiger charge is 2.36. The van der Waals surface area contributed by atoms with Crippen LogP contribution in [0.15, 0.2) is 0 Å². The normalized spacial score (nSPS) is 18.1. The Kier molecular flexibility index (Phi) is 6.60. The molecule has 0 heterocycles. The number of hydrogen-bond donors (Lipinski definition) is 3. The van der Waals surface area contributed by atoms with Crippen molar-refractivity contribution < 1.29 is 23.1 Å². The van der Waals surface area contributed by atoms with E-state index >= 15 is 0 Å². The average molecular weight is 320 g/mol. The Morgan fingerprint density at radius 1 is 1.14 bits per heavy atom. The maximum atomic E-state index is 12.0. The highest BCUT2D eigenvalue weighted by atomic mass is 32.2. The number of carboxylic acid groups (broad SMARTS) is 1. The van der Waals surface area contributed by atoms with Crippen LogP contribution < -0.4 is 10.0 Å². The fourth-order valence-electron chi connectivity index (χ4n) is 2.87. The van der Waals surface area contributed by atoms with Gasteiger partial charge < -0.3 is 10.4 Å². The maximum Gasteiger partial charge on any atom is 0.303 e. The van der Waals surface area contributed by atoms with Gasteiger partial charge in [-0.15, -0.1) is 0 Å². The van der Waals surface area contributed by atoms with E-state index in [0.717, 1.165) is 32.1 Å². The maximum absolute atomic E-state index is 12.0. The van der Waals surface area contributed by atoms with Gasteiger partial charge in [0.15, 0.2) is 0 Å². The minimum absolute atomic E-state index is 0.00473. The van der Waals surface area contributed by atoms with Crippen molar-refractivity contribution in [3.63, 3.8) is 0 Å². The summed E-state index contributed by atoms with van der Waals surface area (Å²) in [5.41, 5.74) is -0.476. The quantitative estimate of drug-likeness (QED) is 0.601. The molecular weight excluding hydrogens is 296 g/mol. The fraction of sp³-hybridized carbons (Fsp3) is 0.846. The van der Waals surface area contributed by atoms with E-state index in [-0.39, 0.29) is 31.0 Å². The van der Waals surface area contributed by atoms with E-state index in [2.05, 4.69) is 10.0 Å². The summed E-state index contributed by atoms with van der Waals surface area (Å²) in [6.45, 7) is 0.0329. The SMILES string of the molecule is CNS(=O)(=O)CCNC(=O)CC1(CC(=O)O)CCCCC1. The zero-order valence-corrected chi connectivity index (χ0v) is 13.2. The van der Waals surface area contributed by atoms with Gasteiger partial charge in [-0.05, 0) is 25.3 Å². The van der Waals surface area contributed by atoms with Gasteiger partial charge >= 0.3 is 5.97 Å². The second kappa shape index (κ2) is 7.74. The lowest BCUT2D eigenvalue weighted by Crippen LogP contribution is -2.37. The number of rotatable bonds is 8. The van der Waals surface area contributed by atoms with E-state index in [4.69, 9.17) is 5.11 Å². The molecule has 1 rings (SSSR count). The summed E-state index contributed by atoms with van der Waals surface area (Å²) in [6, 6.07) is 0. The standard InChI is InChI=1S/C13H24N2O5S/c1-14-21(19,20)8-7-15-11(16)9-13(10-12(17)18)5-3-2-4-6-13/h14H,2-10H2,1H3,(H,15,16)(H,17,18). The van der Waals surface area contributed by atoms with Gasteiger partial charge in [-0.1, -0.05) is 19.3 Å². The first-order valence-corrected chi connectivity index (χ1v) is 8.84. The summed E-state index contributed by atoms with van der Waals surface area (Å²) in [5.74, 6) is -1.34. The van der Waals surface area contributed by atoms with Crippen molar-refractivity contribution in [3.05, 3.63) is 0 Å². The van der Waals surface area contributed by atoms with Gasteiger partial charge in [0, 0.05) is 13.0 Å². The van der Waals surface area contributed by atoms with Crippen LogP contribution in [0, 0.1) is 5.41 Å². The Hall–Kier alpha value is -1.15. The highest BCUT2D eigenvalue weighted by molar-refractivity contribution is 7.89. The summed E-state index contributed by atoms with van der Waals surface area (Å²) < 4.78 is 24.7. The van der Waals surface area contributed by atoms with Crippen LogP contribution in [0.5, 0.6) is 0 Å². The van der Waals surface area contributed by atoms with Gasteiger partial charge in [0.1, 0.15) is 0 Å². The third-order valence-electron chi connectivity index (χ3n) is 3.98. The molecule has 8 heteroatoms. The van der Waals surface area contributed by atoms with Crippen molar-refractivity contribution in [2.45, 2.75) is 44.9 Å². The molecule has 0 aromatic carbocycles. The zero-order valence-electron chi connectivity index (χ0n) is 12.4. The number of hydrogen-bond acceptors (Lipinski definition) is 4. The molecule has 0 spiro atoms. The summed E-state index contributed by atoms with van der Waals surface area (Å²) in [5, 5.41) is 11.6. The molecule has 3 N–H and O–H groups in total. The minimum atomic E-state index is -3.34. The lowest BCUT2D eigenvalue weighted by atomic mass is 9.69. The second-order valence-corrected chi connectivity index (χ2v) is 7.73. The van der Waals surface area contributed by atoms with Crippen LogP contribution in [-0.4, -0.2) is 44.7 Å². The summed E-state index contributed by atoms with van der Waals surface area (Å²) in [4.78, 5) is 23.0. The van der Waals surface area contributed by atoms with Gasteiger partial charge in [0.05, 0.1) is 12.2 Å². The molecule has 1 aliphatic carbocycles. The first-order chi connectivity index (χ1) is 9.79. The van der Waals surface area contributed by atoms with Gasteiger partial charge in [0.25, 0.3) is 0 Å². The lowest BCUT2D eigenvalue weighted by Gasteiger charge is -2.35. The largest absolute Gasteiger partial charge is 0.481 e. The van der Waals surface area contributed by atoms with E-state index < -0.39 is 21.4 Å². The molecule has 0 atom stereocenters. The lowest BCUT2D eigenvalue weighted by molar-refractivity contribution is -0.141. The molecule has 1 saturated carbocycles. The molecule has 1 fully saturated rings. The van der Waals surface area contributed by atoms with Crippen LogP contribution in [0.2, 0.25) is 0 Å². The first-order valence-electron chi connectivity index (χ1n) is 7.18. The number of carboxylic acids is 1. The molecule has 21 heavy (non-hydrogen) atoms. The highest BCUT2D eigenvalue weighted by Crippen LogP contribution is 2.42. The molecule has 0 aromatic heterocycles. The number of nitrogens with one attached hydrogen (secondary N) is 2. The van der Waals surface area contributed by atoms with E-state index in [9.17, 15) is 18.0 Å². The monoisotopic (exact) mass is 320 g/mol. The van der Waals surface area contributed by atoms with Crippen molar-refractivity contribution in [1.29, 1.82) is 0 Å². The second-order valence-electron chi connectivity index (χ2n) is 5.68. The molecule has 0 aromatic rings. The Balaban J connectivity index is 2.51. The van der Waals surface area contributed by atoms with E-state index in [0.29, 0.717) is 0 Å². The number of sulfonamides is 1. The van der Waals surface area contributed by atoms with E-state index in [1.165, 1.54) is 7.05 Å². The van der Waals surface area contributed by atoms with Gasteiger partial charge in [-0.25, -0.2) is 13.1 Å². The molecule has 0 radical (unpaired) electrons. The number of carbonyl (C=O) groups excluding carboxylic acids is 1. The van der Waals surface area contributed by atoms with E-state index in [1.807, 2.05) is 0 Å². The van der Waals surface area contributed by atoms with Gasteiger partial charge in [-0.3, -0.25) is 9.59 Å². The third-order valence-corrected chi connectivity index (χ3v) is 5.34. The molecular formula is C13H24N2O5S. The summed E-state index contributed by atoms with van der Waals surface area (Å²) in [7, 11) is -2.02.